The largest absolute Gasteiger partial charge is 0.493 e. The quantitative estimate of drug-likeness (QED) is 0.708. The van der Waals surface area contributed by atoms with Gasteiger partial charge in [-0.25, -0.2) is 0 Å². The predicted molar refractivity (Wildman–Crippen MR) is 94.2 cm³/mol. The van der Waals surface area contributed by atoms with Gasteiger partial charge in [0.25, 0.3) is 0 Å². The lowest BCUT2D eigenvalue weighted by Gasteiger charge is -2.33. The molecule has 0 radical (unpaired) electrons. The Morgan fingerprint density at radius 3 is 2.42 bits per heavy atom. The molecule has 8 heteroatoms. The van der Waals surface area contributed by atoms with Gasteiger partial charge in [0, 0.05) is 50.9 Å². The van der Waals surface area contributed by atoms with E-state index < -0.39 is 0 Å². The van der Waals surface area contributed by atoms with Crippen molar-refractivity contribution in [2.45, 2.75) is 6.42 Å². The van der Waals surface area contributed by atoms with E-state index in [-0.39, 0.29) is 24.2 Å². The van der Waals surface area contributed by atoms with Crippen LogP contribution in [0.2, 0.25) is 0 Å². The van der Waals surface area contributed by atoms with Crippen LogP contribution in [-0.2, 0) is 14.4 Å². The van der Waals surface area contributed by atoms with Crippen LogP contribution in [0.1, 0.15) is 6.42 Å². The minimum Gasteiger partial charge on any atom is -0.493 e. The highest BCUT2D eigenvalue weighted by molar-refractivity contribution is 6.00. The van der Waals surface area contributed by atoms with E-state index in [0.29, 0.717) is 49.9 Å². The fourth-order valence-corrected chi connectivity index (χ4v) is 3.42. The summed E-state index contributed by atoms with van der Waals surface area (Å²) in [5, 5.41) is 0. The van der Waals surface area contributed by atoms with Crippen molar-refractivity contribution in [3.05, 3.63) is 18.2 Å². The molecule has 1 aromatic rings. The normalized spacial score (nSPS) is 20.3. The van der Waals surface area contributed by atoms with Crippen LogP contribution in [0.25, 0.3) is 0 Å². The third-order valence-electron chi connectivity index (χ3n) is 4.93. The first kappa shape index (κ1) is 18.0. The molecule has 2 saturated heterocycles. The monoisotopic (exact) mass is 361 g/mol. The average molecular weight is 361 g/mol. The summed E-state index contributed by atoms with van der Waals surface area (Å²) >= 11 is 0. The first-order chi connectivity index (χ1) is 12.6. The highest BCUT2D eigenvalue weighted by Crippen LogP contribution is 2.34. The molecule has 0 N–H and O–H groups in total. The van der Waals surface area contributed by atoms with Gasteiger partial charge in [-0.2, -0.15) is 0 Å². The zero-order valence-electron chi connectivity index (χ0n) is 15.0. The third-order valence-corrected chi connectivity index (χ3v) is 4.93. The fraction of sp³-hybridized carbons (Fsp3) is 0.500. The molecule has 1 unspecified atom stereocenters. The number of hydrogen-bond acceptors (Lipinski definition) is 5. The SMILES string of the molecule is COc1ccc(N2CC(C(=O)N3CCN(C=O)CC3)CC2=O)cc1OC. The molecule has 0 bridgehead atoms. The van der Waals surface area contributed by atoms with Crippen molar-refractivity contribution in [3.63, 3.8) is 0 Å². The van der Waals surface area contributed by atoms with Gasteiger partial charge >= 0.3 is 0 Å². The summed E-state index contributed by atoms with van der Waals surface area (Å²) in [5.41, 5.74) is 0.689. The number of anilines is 1. The number of amides is 3. The zero-order valence-corrected chi connectivity index (χ0v) is 15.0. The smallest absolute Gasteiger partial charge is 0.228 e. The average Bonchev–Trinajstić information content (AvgIpc) is 3.08. The fourth-order valence-electron chi connectivity index (χ4n) is 3.42. The number of methoxy groups -OCH3 is 2. The van der Waals surface area contributed by atoms with Crippen LogP contribution >= 0.6 is 0 Å². The van der Waals surface area contributed by atoms with Gasteiger partial charge in [0.15, 0.2) is 11.5 Å². The molecule has 1 atom stereocenters. The summed E-state index contributed by atoms with van der Waals surface area (Å²) in [5.74, 6) is 0.661. The van der Waals surface area contributed by atoms with E-state index in [1.165, 1.54) is 0 Å². The Labute approximate surface area is 152 Å². The number of rotatable bonds is 5. The molecule has 140 valence electrons. The van der Waals surface area contributed by atoms with E-state index in [0.717, 1.165) is 6.41 Å². The maximum absolute atomic E-state index is 12.7. The molecule has 3 rings (SSSR count). The van der Waals surface area contributed by atoms with Crippen molar-refractivity contribution in [1.82, 2.24) is 9.80 Å². The molecule has 0 aromatic heterocycles. The number of nitrogens with zero attached hydrogens (tertiary/aromatic N) is 3. The standard InChI is InChI=1S/C18H23N3O5/c1-25-15-4-3-14(10-16(15)26-2)21-11-13(9-17(21)23)18(24)20-7-5-19(12-22)6-8-20/h3-4,10,12-13H,5-9,11H2,1-2H3. The number of piperazine rings is 1. The number of carbonyl (C=O) groups excluding carboxylic acids is 3. The number of ether oxygens (including phenoxy) is 2. The molecular formula is C18H23N3O5. The molecule has 3 amide bonds. The summed E-state index contributed by atoms with van der Waals surface area (Å²) in [4.78, 5) is 41.0. The van der Waals surface area contributed by atoms with Gasteiger partial charge in [-0.05, 0) is 12.1 Å². The van der Waals surface area contributed by atoms with E-state index in [4.69, 9.17) is 9.47 Å². The van der Waals surface area contributed by atoms with Gasteiger partial charge in [-0.15, -0.1) is 0 Å². The zero-order chi connectivity index (χ0) is 18.7. The highest BCUT2D eigenvalue weighted by atomic mass is 16.5. The number of hydrogen-bond donors (Lipinski definition) is 0. The predicted octanol–water partition coefficient (Wildman–Crippen LogP) is 0.357. The van der Waals surface area contributed by atoms with Crippen molar-refractivity contribution < 1.29 is 23.9 Å². The minimum absolute atomic E-state index is 0.0214. The van der Waals surface area contributed by atoms with E-state index >= 15 is 0 Å². The van der Waals surface area contributed by atoms with Crippen LogP contribution in [-0.4, -0.2) is 75.0 Å². The van der Waals surface area contributed by atoms with Crippen LogP contribution in [0.15, 0.2) is 18.2 Å². The van der Waals surface area contributed by atoms with Gasteiger partial charge in [0.05, 0.1) is 20.1 Å². The second-order valence-electron chi connectivity index (χ2n) is 6.41. The lowest BCUT2D eigenvalue weighted by molar-refractivity contribution is -0.139. The van der Waals surface area contributed by atoms with Crippen LogP contribution < -0.4 is 14.4 Å². The van der Waals surface area contributed by atoms with Crippen LogP contribution in [0.3, 0.4) is 0 Å². The van der Waals surface area contributed by atoms with Crippen molar-refractivity contribution >= 4 is 23.9 Å². The molecule has 2 fully saturated rings. The minimum atomic E-state index is -0.363. The Bertz CT molecular complexity index is 700. The molecule has 1 aromatic carbocycles. The van der Waals surface area contributed by atoms with Gasteiger partial charge < -0.3 is 24.2 Å². The molecule has 8 nitrogen and oxygen atoms in total. The van der Waals surface area contributed by atoms with Crippen LogP contribution in [0.5, 0.6) is 11.5 Å². The number of benzene rings is 1. The van der Waals surface area contributed by atoms with Gasteiger partial charge in [-0.3, -0.25) is 14.4 Å². The molecule has 0 saturated carbocycles. The van der Waals surface area contributed by atoms with Gasteiger partial charge in [0.2, 0.25) is 18.2 Å². The van der Waals surface area contributed by atoms with Crippen molar-refractivity contribution in [3.8, 4) is 11.5 Å². The van der Waals surface area contributed by atoms with Crippen LogP contribution in [0.4, 0.5) is 5.69 Å². The van der Waals surface area contributed by atoms with E-state index in [9.17, 15) is 14.4 Å². The third kappa shape index (κ3) is 3.44. The molecule has 2 heterocycles. The van der Waals surface area contributed by atoms with Crippen molar-refractivity contribution in [2.24, 2.45) is 5.92 Å². The van der Waals surface area contributed by atoms with E-state index in [1.807, 2.05) is 0 Å². The van der Waals surface area contributed by atoms with Gasteiger partial charge in [-0.1, -0.05) is 0 Å². The van der Waals surface area contributed by atoms with E-state index in [1.54, 1.807) is 47.1 Å². The first-order valence-corrected chi connectivity index (χ1v) is 8.58. The first-order valence-electron chi connectivity index (χ1n) is 8.58. The molecule has 0 spiro atoms. The highest BCUT2D eigenvalue weighted by Gasteiger charge is 2.38. The van der Waals surface area contributed by atoms with Gasteiger partial charge in [0.1, 0.15) is 0 Å². The topological polar surface area (TPSA) is 79.4 Å². The Hall–Kier alpha value is -2.77. The molecule has 2 aliphatic heterocycles. The van der Waals surface area contributed by atoms with Crippen molar-refractivity contribution in [1.29, 1.82) is 0 Å². The van der Waals surface area contributed by atoms with E-state index in [2.05, 4.69) is 0 Å². The van der Waals surface area contributed by atoms with Crippen molar-refractivity contribution in [2.75, 3.05) is 51.8 Å². The Morgan fingerprint density at radius 1 is 1.12 bits per heavy atom. The van der Waals surface area contributed by atoms with Crippen LogP contribution in [0, 0.1) is 5.92 Å². The lowest BCUT2D eigenvalue weighted by Crippen LogP contribution is -2.50. The summed E-state index contributed by atoms with van der Waals surface area (Å²) in [6.45, 7) is 2.45. The molecule has 26 heavy (non-hydrogen) atoms. The maximum Gasteiger partial charge on any atom is 0.228 e. The maximum atomic E-state index is 12.7. The second-order valence-corrected chi connectivity index (χ2v) is 6.41. The molecule has 0 aliphatic carbocycles. The Kier molecular flexibility index (Phi) is 5.29. The molecular weight excluding hydrogens is 338 g/mol. The summed E-state index contributed by atoms with van der Waals surface area (Å²) in [6, 6.07) is 5.27. The summed E-state index contributed by atoms with van der Waals surface area (Å²) in [7, 11) is 3.09. The lowest BCUT2D eigenvalue weighted by atomic mass is 10.1. The summed E-state index contributed by atoms with van der Waals surface area (Å²) < 4.78 is 10.5. The molecule has 2 aliphatic rings. The Morgan fingerprint density at radius 2 is 1.81 bits per heavy atom. The Balaban J connectivity index is 1.69. The second kappa shape index (κ2) is 7.63. The summed E-state index contributed by atoms with van der Waals surface area (Å²) in [6.07, 6.45) is 1.00. The number of carbonyl (C=O) groups is 3.